The third-order valence-corrected chi connectivity index (χ3v) is 4.66. The number of nitroso groups, excluding NO2 is 1. The van der Waals surface area contributed by atoms with Gasteiger partial charge in [0.1, 0.15) is 5.69 Å². The Bertz CT molecular complexity index is 696. The van der Waals surface area contributed by atoms with E-state index in [1.807, 2.05) is 24.3 Å². The smallest absolute Gasteiger partial charge is 0.152 e. The van der Waals surface area contributed by atoms with Crippen molar-refractivity contribution in [2.75, 3.05) is 17.3 Å². The van der Waals surface area contributed by atoms with Crippen LogP contribution in [-0.2, 0) is 0 Å². The van der Waals surface area contributed by atoms with E-state index in [4.69, 9.17) is 4.98 Å². The summed E-state index contributed by atoms with van der Waals surface area (Å²) < 4.78 is 0. The molecule has 0 saturated heterocycles. The van der Waals surface area contributed by atoms with Gasteiger partial charge >= 0.3 is 0 Å². The number of nitrogens with one attached hydrogen (secondary N) is 2. The maximum atomic E-state index is 10.6. The zero-order chi connectivity index (χ0) is 16.8. The van der Waals surface area contributed by atoms with Crippen LogP contribution in [0.5, 0.6) is 0 Å². The first-order chi connectivity index (χ1) is 11.8. The van der Waals surface area contributed by atoms with Gasteiger partial charge in [0.15, 0.2) is 5.82 Å². The zero-order valence-corrected chi connectivity index (χ0v) is 14.1. The molecule has 1 heterocycles. The lowest BCUT2D eigenvalue weighted by Gasteiger charge is -2.22. The van der Waals surface area contributed by atoms with Crippen molar-refractivity contribution in [1.29, 1.82) is 0 Å². The van der Waals surface area contributed by atoms with Gasteiger partial charge in [0, 0.05) is 12.1 Å². The van der Waals surface area contributed by atoms with Gasteiger partial charge in [-0.05, 0) is 43.9 Å². The molecule has 1 aromatic carbocycles. The summed E-state index contributed by atoms with van der Waals surface area (Å²) in [6.45, 7) is 2.95. The second-order valence-electron chi connectivity index (χ2n) is 6.55. The minimum atomic E-state index is 0.622. The van der Waals surface area contributed by atoms with Gasteiger partial charge < -0.3 is 5.32 Å². The quantitative estimate of drug-likeness (QED) is 0.570. The van der Waals surface area contributed by atoms with Crippen LogP contribution in [0.1, 0.15) is 37.7 Å². The van der Waals surface area contributed by atoms with Crippen molar-refractivity contribution < 1.29 is 0 Å². The molecule has 1 fully saturated rings. The first-order valence-corrected chi connectivity index (χ1v) is 8.66. The summed E-state index contributed by atoms with van der Waals surface area (Å²) in [5, 5.41) is 6.22. The molecular formula is C19H24N4O. The van der Waals surface area contributed by atoms with Crippen LogP contribution in [0, 0.1) is 17.7 Å². The largest absolute Gasteiger partial charge is 0.368 e. The summed E-state index contributed by atoms with van der Waals surface area (Å²) in [6, 6.07) is 12.0. The van der Waals surface area contributed by atoms with Crippen LogP contribution < -0.4 is 10.7 Å². The molecule has 0 atom stereocenters. The molecular weight excluding hydrogens is 300 g/mol. The van der Waals surface area contributed by atoms with E-state index in [1.165, 1.54) is 37.7 Å². The number of hydrogen-bond donors (Lipinski definition) is 2. The van der Waals surface area contributed by atoms with Crippen molar-refractivity contribution in [2.45, 2.75) is 39.0 Å². The molecule has 1 saturated carbocycles. The van der Waals surface area contributed by atoms with E-state index in [0.29, 0.717) is 17.4 Å². The Morgan fingerprint density at radius 3 is 2.75 bits per heavy atom. The van der Waals surface area contributed by atoms with Crippen LogP contribution in [-0.4, -0.2) is 11.5 Å². The van der Waals surface area contributed by atoms with Gasteiger partial charge in [-0.15, -0.1) is 4.91 Å². The number of aryl methyl sites for hydroxylation is 1. The van der Waals surface area contributed by atoms with Crippen molar-refractivity contribution in [1.82, 2.24) is 4.98 Å². The monoisotopic (exact) mass is 324 g/mol. The molecule has 1 aliphatic carbocycles. The number of aromatic nitrogens is 1. The molecule has 0 unspecified atom stereocenters. The van der Waals surface area contributed by atoms with E-state index in [1.54, 1.807) is 0 Å². The summed E-state index contributed by atoms with van der Waals surface area (Å²) in [4.78, 5) is 15.3. The van der Waals surface area contributed by atoms with Crippen molar-refractivity contribution in [3.05, 3.63) is 46.9 Å². The molecule has 5 nitrogen and oxygen atoms in total. The van der Waals surface area contributed by atoms with E-state index < -0.39 is 0 Å². The third kappa shape index (κ3) is 4.10. The van der Waals surface area contributed by atoms with Crippen LogP contribution in [0.25, 0.3) is 11.3 Å². The van der Waals surface area contributed by atoms with E-state index in [-0.39, 0.29) is 0 Å². The van der Waals surface area contributed by atoms with Crippen molar-refractivity contribution in [2.24, 2.45) is 11.2 Å². The lowest BCUT2D eigenvalue weighted by molar-refractivity contribution is 0.373. The number of nitrogens with zero attached hydrogens (tertiary/aromatic N) is 2. The molecule has 0 spiro atoms. The molecule has 1 aromatic heterocycles. The fourth-order valence-corrected chi connectivity index (χ4v) is 3.33. The Labute approximate surface area is 142 Å². The molecule has 0 bridgehead atoms. The van der Waals surface area contributed by atoms with Gasteiger partial charge in [0.2, 0.25) is 0 Å². The molecule has 126 valence electrons. The Hall–Kier alpha value is -2.43. The van der Waals surface area contributed by atoms with Crippen LogP contribution in [0.15, 0.2) is 41.7 Å². The normalized spacial score (nSPS) is 15.0. The summed E-state index contributed by atoms with van der Waals surface area (Å²) in [5.41, 5.74) is 6.28. The molecule has 5 heteroatoms. The number of benzene rings is 1. The Morgan fingerprint density at radius 1 is 1.17 bits per heavy atom. The molecule has 24 heavy (non-hydrogen) atoms. The minimum Gasteiger partial charge on any atom is -0.368 e. The zero-order valence-electron chi connectivity index (χ0n) is 14.1. The minimum absolute atomic E-state index is 0.622. The van der Waals surface area contributed by atoms with Crippen molar-refractivity contribution in [3.8, 4) is 11.3 Å². The number of pyridine rings is 1. The van der Waals surface area contributed by atoms with Crippen LogP contribution >= 0.6 is 0 Å². The van der Waals surface area contributed by atoms with Gasteiger partial charge in [-0.1, -0.05) is 43.0 Å². The third-order valence-electron chi connectivity index (χ3n) is 4.66. The highest BCUT2D eigenvalue weighted by molar-refractivity contribution is 5.71. The number of anilines is 2. The maximum absolute atomic E-state index is 10.6. The van der Waals surface area contributed by atoms with Gasteiger partial charge in [-0.25, -0.2) is 10.4 Å². The van der Waals surface area contributed by atoms with E-state index in [2.05, 4.69) is 35.1 Å². The SMILES string of the molecule is Cc1cccc(-c2ccc(NN=O)c(NCC3CCCCC3)n2)c1. The molecule has 3 rings (SSSR count). The fraction of sp³-hybridized carbons (Fsp3) is 0.421. The summed E-state index contributed by atoms with van der Waals surface area (Å²) >= 11 is 0. The van der Waals surface area contributed by atoms with Gasteiger partial charge in [0.25, 0.3) is 0 Å². The van der Waals surface area contributed by atoms with E-state index in [0.717, 1.165) is 17.8 Å². The van der Waals surface area contributed by atoms with Gasteiger partial charge in [0.05, 0.1) is 11.0 Å². The van der Waals surface area contributed by atoms with Gasteiger partial charge in [-0.2, -0.15) is 0 Å². The first-order valence-electron chi connectivity index (χ1n) is 8.66. The molecule has 2 aromatic rings. The summed E-state index contributed by atoms with van der Waals surface area (Å²) in [7, 11) is 0. The summed E-state index contributed by atoms with van der Waals surface area (Å²) in [6.07, 6.45) is 6.49. The average Bonchev–Trinajstić information content (AvgIpc) is 2.62. The number of rotatable bonds is 6. The van der Waals surface area contributed by atoms with Crippen LogP contribution in [0.4, 0.5) is 11.5 Å². The highest BCUT2D eigenvalue weighted by Crippen LogP contribution is 2.28. The predicted octanol–water partition coefficient (Wildman–Crippen LogP) is 5.14. The van der Waals surface area contributed by atoms with Crippen molar-refractivity contribution >= 4 is 11.5 Å². The Morgan fingerprint density at radius 2 is 2.00 bits per heavy atom. The van der Waals surface area contributed by atoms with Crippen LogP contribution in [0.2, 0.25) is 0 Å². The first kappa shape index (κ1) is 16.4. The highest BCUT2D eigenvalue weighted by Gasteiger charge is 2.15. The van der Waals surface area contributed by atoms with E-state index in [9.17, 15) is 4.91 Å². The maximum Gasteiger partial charge on any atom is 0.152 e. The van der Waals surface area contributed by atoms with Gasteiger partial charge in [-0.3, -0.25) is 0 Å². The topological polar surface area (TPSA) is 66.4 Å². The van der Waals surface area contributed by atoms with Crippen molar-refractivity contribution in [3.63, 3.8) is 0 Å². The lowest BCUT2D eigenvalue weighted by Crippen LogP contribution is -2.18. The second kappa shape index (κ2) is 7.90. The Balaban J connectivity index is 1.81. The molecule has 0 radical (unpaired) electrons. The molecule has 0 aliphatic heterocycles. The Kier molecular flexibility index (Phi) is 5.41. The second-order valence-corrected chi connectivity index (χ2v) is 6.55. The van der Waals surface area contributed by atoms with Crippen LogP contribution in [0.3, 0.4) is 0 Å². The fourth-order valence-electron chi connectivity index (χ4n) is 3.33. The molecule has 2 N–H and O–H groups in total. The average molecular weight is 324 g/mol. The predicted molar refractivity (Wildman–Crippen MR) is 98.9 cm³/mol. The molecule has 0 amide bonds. The summed E-state index contributed by atoms with van der Waals surface area (Å²) in [5.74, 6) is 1.37. The highest BCUT2D eigenvalue weighted by atomic mass is 16.3. The number of hydrogen-bond acceptors (Lipinski definition) is 4. The standard InChI is InChI=1S/C19H24N4O/c1-14-6-5-9-16(12-14)17-10-11-18(22-23-24)19(21-17)20-13-15-7-3-2-4-8-15/h5-6,9-12,15H,2-4,7-8,13H2,1H3,(H,20,21)(H,22,24). The van der Waals surface area contributed by atoms with E-state index >= 15 is 0 Å². The molecule has 1 aliphatic rings. The lowest BCUT2D eigenvalue weighted by atomic mass is 9.89.